The van der Waals surface area contributed by atoms with E-state index in [0.29, 0.717) is 30.5 Å². The summed E-state index contributed by atoms with van der Waals surface area (Å²) >= 11 is 0. The van der Waals surface area contributed by atoms with Crippen LogP contribution in [0.25, 0.3) is 0 Å². The molecule has 0 aliphatic heterocycles. The molecule has 0 unspecified atom stereocenters. The van der Waals surface area contributed by atoms with Crippen LogP contribution in [-0.4, -0.2) is 17.8 Å². The molecular weight excluding hydrogens is 320 g/mol. The summed E-state index contributed by atoms with van der Waals surface area (Å²) in [6.45, 7) is 2.59. The van der Waals surface area contributed by atoms with Crippen molar-refractivity contribution in [1.29, 1.82) is 0 Å². The van der Waals surface area contributed by atoms with Crippen LogP contribution < -0.4 is 33.8 Å². The lowest BCUT2D eigenvalue weighted by molar-refractivity contribution is -0.342. The van der Waals surface area contributed by atoms with Crippen molar-refractivity contribution in [3.05, 3.63) is 42.0 Å². The fourth-order valence-electron chi connectivity index (χ4n) is 1.81. The number of benzene rings is 1. The number of anilines is 3. The van der Waals surface area contributed by atoms with E-state index in [4.69, 9.17) is 10.5 Å². The van der Waals surface area contributed by atoms with Gasteiger partial charge in [0, 0.05) is 6.07 Å². The van der Waals surface area contributed by atoms with Gasteiger partial charge < -0.3 is 33.3 Å². The van der Waals surface area contributed by atoms with Gasteiger partial charge in [-0.15, -0.1) is 0 Å². The summed E-state index contributed by atoms with van der Waals surface area (Å²) in [6, 6.07) is 10.3. The van der Waals surface area contributed by atoms with Crippen molar-refractivity contribution in [2.45, 2.75) is 13.5 Å². The number of aromatic hydroxyl groups is 1. The molecule has 1 aromatic carbocycles. The van der Waals surface area contributed by atoms with E-state index in [1.165, 1.54) is 0 Å². The summed E-state index contributed by atoms with van der Waals surface area (Å²) in [5, 5.41) is 14.9. The van der Waals surface area contributed by atoms with Gasteiger partial charge in [0.05, 0.1) is 13.2 Å². The number of carbonyl (C=O) groups is 1. The Morgan fingerprint density at radius 2 is 1.96 bits per heavy atom. The molecule has 1 amide bonds. The Morgan fingerprint density at radius 3 is 2.57 bits per heavy atom. The number of pyridine rings is 1. The Morgan fingerprint density at radius 1 is 1.26 bits per heavy atom. The van der Waals surface area contributed by atoms with E-state index in [-0.39, 0.29) is 18.2 Å². The topological polar surface area (TPSA) is 111 Å². The van der Waals surface area contributed by atoms with Crippen LogP contribution in [0.3, 0.4) is 0 Å². The third-order valence-electron chi connectivity index (χ3n) is 2.91. The summed E-state index contributed by atoms with van der Waals surface area (Å²) in [4.78, 5) is 14.3. The predicted molar refractivity (Wildman–Crippen MR) is 83.5 cm³/mol. The normalized spacial score (nSPS) is 9.61. The molecule has 2 rings (SSSR count). The van der Waals surface area contributed by atoms with E-state index < -0.39 is 6.09 Å². The molecule has 0 saturated carbocycles. The van der Waals surface area contributed by atoms with Crippen molar-refractivity contribution in [3.8, 4) is 5.75 Å². The van der Waals surface area contributed by atoms with E-state index in [0.717, 1.165) is 5.56 Å². The molecule has 0 spiro atoms. The second-order valence-corrected chi connectivity index (χ2v) is 4.56. The smallest absolute Gasteiger partial charge is 0.411 e. The van der Waals surface area contributed by atoms with Crippen LogP contribution in [0.15, 0.2) is 36.4 Å². The molecular formula is C15H19ClN4O3. The van der Waals surface area contributed by atoms with Crippen molar-refractivity contribution >= 4 is 23.4 Å². The number of aromatic nitrogens is 1. The first kappa shape index (κ1) is 18.4. The molecule has 0 atom stereocenters. The van der Waals surface area contributed by atoms with E-state index in [1.54, 1.807) is 31.2 Å². The number of amides is 1. The number of nitrogen functional groups attached to an aromatic ring is 1. The van der Waals surface area contributed by atoms with Crippen LogP contribution in [0, 0.1) is 0 Å². The third kappa shape index (κ3) is 5.55. The molecule has 7 nitrogen and oxygen atoms in total. The summed E-state index contributed by atoms with van der Waals surface area (Å²) < 4.78 is 4.79. The Bertz CT molecular complexity index is 650. The highest BCUT2D eigenvalue weighted by atomic mass is 35.5. The second-order valence-electron chi connectivity index (χ2n) is 4.56. The van der Waals surface area contributed by atoms with Crippen molar-refractivity contribution < 1.29 is 32.0 Å². The summed E-state index contributed by atoms with van der Waals surface area (Å²) in [6.07, 6.45) is -0.549. The maximum Gasteiger partial charge on any atom is 0.411 e. The van der Waals surface area contributed by atoms with E-state index >= 15 is 0 Å². The molecule has 0 fully saturated rings. The third-order valence-corrected chi connectivity index (χ3v) is 2.91. The van der Waals surface area contributed by atoms with Gasteiger partial charge in [0.25, 0.3) is 0 Å². The lowest BCUT2D eigenvalue weighted by Crippen LogP contribution is -3.00. The second kappa shape index (κ2) is 8.70. The Labute approximate surface area is 140 Å². The number of nitrogens with one attached hydrogen (secondary N) is 3. The van der Waals surface area contributed by atoms with E-state index in [2.05, 4.69) is 15.6 Å². The predicted octanol–water partition coefficient (Wildman–Crippen LogP) is -1.03. The van der Waals surface area contributed by atoms with Crippen LogP contribution in [0.1, 0.15) is 12.5 Å². The first-order chi connectivity index (χ1) is 10.6. The minimum absolute atomic E-state index is 0. The Hall–Kier alpha value is -2.67. The van der Waals surface area contributed by atoms with Gasteiger partial charge in [0.2, 0.25) is 11.6 Å². The average molecular weight is 339 g/mol. The lowest BCUT2D eigenvalue weighted by atomic mass is 10.2. The summed E-state index contributed by atoms with van der Waals surface area (Å²) in [5.74, 6) is 1.26. The van der Waals surface area contributed by atoms with Crippen LogP contribution in [0.5, 0.6) is 5.75 Å². The van der Waals surface area contributed by atoms with Gasteiger partial charge in [0.1, 0.15) is 11.4 Å². The van der Waals surface area contributed by atoms with Gasteiger partial charge >= 0.3 is 6.09 Å². The van der Waals surface area contributed by atoms with Crippen LogP contribution in [0.4, 0.5) is 22.1 Å². The average Bonchev–Trinajstić information content (AvgIpc) is 2.49. The number of ether oxygens (including phenoxy) is 1. The highest BCUT2D eigenvalue weighted by Crippen LogP contribution is 2.16. The number of hydrogen-bond acceptors (Lipinski definition) is 5. The number of hydrogen-bond donors (Lipinski definition) is 4. The van der Waals surface area contributed by atoms with Crippen molar-refractivity contribution in [3.63, 3.8) is 0 Å². The molecule has 1 heterocycles. The van der Waals surface area contributed by atoms with Crippen molar-refractivity contribution in [2.75, 3.05) is 23.0 Å². The zero-order chi connectivity index (χ0) is 15.9. The molecule has 2 aromatic rings. The maximum absolute atomic E-state index is 11.3. The molecule has 23 heavy (non-hydrogen) atoms. The zero-order valence-corrected chi connectivity index (χ0v) is 13.4. The van der Waals surface area contributed by atoms with Gasteiger partial charge in [-0.1, -0.05) is 12.1 Å². The SMILES string of the molecule is CCOC(=O)Nc1ccc(NCc2ccc(O)cc2)[nH+]c1N.[Cl-]. The molecule has 0 aliphatic rings. The first-order valence-electron chi connectivity index (χ1n) is 6.86. The summed E-state index contributed by atoms with van der Waals surface area (Å²) in [5.41, 5.74) is 7.32. The molecule has 0 aliphatic carbocycles. The minimum Gasteiger partial charge on any atom is -1.00 e. The fourth-order valence-corrected chi connectivity index (χ4v) is 1.81. The fraction of sp³-hybridized carbons (Fsp3) is 0.200. The number of rotatable bonds is 5. The van der Waals surface area contributed by atoms with Gasteiger partial charge in [-0.25, -0.2) is 9.78 Å². The monoisotopic (exact) mass is 338 g/mol. The molecule has 8 heteroatoms. The van der Waals surface area contributed by atoms with Crippen LogP contribution in [0.2, 0.25) is 0 Å². The lowest BCUT2D eigenvalue weighted by Gasteiger charge is -2.07. The number of halogens is 1. The zero-order valence-electron chi connectivity index (χ0n) is 12.6. The molecule has 0 bridgehead atoms. The number of aromatic amines is 1. The van der Waals surface area contributed by atoms with Gasteiger partial charge in [-0.05, 0) is 30.7 Å². The van der Waals surface area contributed by atoms with Gasteiger partial charge in [0.15, 0.2) is 0 Å². The number of phenols is 1. The van der Waals surface area contributed by atoms with Crippen LogP contribution >= 0.6 is 0 Å². The van der Waals surface area contributed by atoms with E-state index in [1.807, 2.05) is 12.1 Å². The molecule has 0 saturated heterocycles. The van der Waals surface area contributed by atoms with Crippen molar-refractivity contribution in [2.24, 2.45) is 0 Å². The molecule has 124 valence electrons. The number of phenolic OH excluding ortho intramolecular Hbond substituents is 1. The minimum atomic E-state index is -0.549. The van der Waals surface area contributed by atoms with Gasteiger partial charge in [-0.2, -0.15) is 0 Å². The van der Waals surface area contributed by atoms with Crippen molar-refractivity contribution in [1.82, 2.24) is 0 Å². The number of carbonyl (C=O) groups excluding carboxylic acids is 1. The highest BCUT2D eigenvalue weighted by molar-refractivity contribution is 5.87. The maximum atomic E-state index is 11.3. The number of H-pyrrole nitrogens is 1. The number of nitrogens with two attached hydrogens (primary N) is 1. The largest absolute Gasteiger partial charge is 1.00 e. The molecule has 0 radical (unpaired) electrons. The highest BCUT2D eigenvalue weighted by Gasteiger charge is 2.10. The quantitative estimate of drug-likeness (QED) is 0.557. The summed E-state index contributed by atoms with van der Waals surface area (Å²) in [7, 11) is 0. The Balaban J connectivity index is 0.00000264. The first-order valence-corrected chi connectivity index (χ1v) is 6.86. The molecule has 6 N–H and O–H groups in total. The molecule has 1 aromatic heterocycles. The van der Waals surface area contributed by atoms with E-state index in [9.17, 15) is 9.90 Å². The Kier molecular flexibility index (Phi) is 6.95. The van der Waals surface area contributed by atoms with Gasteiger partial charge in [-0.3, -0.25) is 5.32 Å². The van der Waals surface area contributed by atoms with Crippen LogP contribution in [-0.2, 0) is 11.3 Å². The standard InChI is InChI=1S/C15H18N4O3.ClH/c1-2-22-15(21)18-12-7-8-13(19-14(12)16)17-9-10-3-5-11(20)6-4-10;/h3-8,20H,2,9H2,1H3,(H,18,21)(H3,16,17,19);1H.